The minimum absolute atomic E-state index is 0.0782. The summed E-state index contributed by atoms with van der Waals surface area (Å²) in [5, 5.41) is 5.55. The zero-order chi connectivity index (χ0) is 20.2. The standard InChI is InChI=1S/C21H19FN4O3/c22-14-5-3-13(4-6-14)17-12-18(26-25-17)20(27)23-15-7-9-16(10-8-15)24-21(28)19-2-1-11-29-19/h1-11,17-18,25-26H,12H2,(H,23,27)(H,24,28). The van der Waals surface area contributed by atoms with Crippen LogP contribution in [0.2, 0.25) is 0 Å². The van der Waals surface area contributed by atoms with E-state index in [0.29, 0.717) is 17.8 Å². The number of rotatable bonds is 5. The molecule has 3 aromatic rings. The van der Waals surface area contributed by atoms with E-state index >= 15 is 0 Å². The van der Waals surface area contributed by atoms with Gasteiger partial charge in [-0.1, -0.05) is 12.1 Å². The molecule has 2 aromatic carbocycles. The zero-order valence-electron chi connectivity index (χ0n) is 15.3. The van der Waals surface area contributed by atoms with E-state index in [0.717, 1.165) is 5.56 Å². The number of carbonyl (C=O) groups is 2. The smallest absolute Gasteiger partial charge is 0.291 e. The summed E-state index contributed by atoms with van der Waals surface area (Å²) in [7, 11) is 0. The van der Waals surface area contributed by atoms with E-state index in [4.69, 9.17) is 4.42 Å². The van der Waals surface area contributed by atoms with E-state index < -0.39 is 6.04 Å². The number of carbonyl (C=O) groups excluding carboxylic acids is 2. The molecule has 1 fully saturated rings. The second-order valence-electron chi connectivity index (χ2n) is 6.68. The molecule has 4 rings (SSSR count). The molecular weight excluding hydrogens is 375 g/mol. The van der Waals surface area contributed by atoms with Crippen molar-refractivity contribution >= 4 is 23.2 Å². The van der Waals surface area contributed by atoms with E-state index in [2.05, 4.69) is 21.5 Å². The first-order valence-electron chi connectivity index (χ1n) is 9.11. The predicted octanol–water partition coefficient (Wildman–Crippen LogP) is 3.22. The van der Waals surface area contributed by atoms with Crippen molar-refractivity contribution in [2.24, 2.45) is 0 Å². The highest BCUT2D eigenvalue weighted by molar-refractivity contribution is 6.02. The quantitative estimate of drug-likeness (QED) is 0.533. The van der Waals surface area contributed by atoms with Crippen LogP contribution in [0.5, 0.6) is 0 Å². The molecule has 2 unspecified atom stereocenters. The largest absolute Gasteiger partial charge is 0.459 e. The Bertz CT molecular complexity index is 988. The summed E-state index contributed by atoms with van der Waals surface area (Å²) in [6, 6.07) is 15.7. The molecule has 7 nitrogen and oxygen atoms in total. The summed E-state index contributed by atoms with van der Waals surface area (Å²) in [6.07, 6.45) is 1.97. The monoisotopic (exact) mass is 394 g/mol. The Kier molecular flexibility index (Phi) is 5.37. The van der Waals surface area contributed by atoms with Crippen LogP contribution >= 0.6 is 0 Å². The molecule has 0 spiro atoms. The van der Waals surface area contributed by atoms with Gasteiger partial charge >= 0.3 is 0 Å². The third kappa shape index (κ3) is 4.50. The average Bonchev–Trinajstić information content (AvgIpc) is 3.42. The van der Waals surface area contributed by atoms with Crippen LogP contribution in [0.4, 0.5) is 15.8 Å². The molecule has 1 aromatic heterocycles. The van der Waals surface area contributed by atoms with Gasteiger partial charge in [-0.2, -0.15) is 0 Å². The molecular formula is C21H19FN4O3. The Balaban J connectivity index is 1.31. The fraction of sp³-hybridized carbons (Fsp3) is 0.143. The van der Waals surface area contributed by atoms with E-state index in [-0.39, 0.29) is 29.4 Å². The highest BCUT2D eigenvalue weighted by Gasteiger charge is 2.30. The minimum Gasteiger partial charge on any atom is -0.459 e. The number of halogens is 1. The highest BCUT2D eigenvalue weighted by Crippen LogP contribution is 2.23. The molecule has 0 radical (unpaired) electrons. The van der Waals surface area contributed by atoms with Gasteiger partial charge in [-0.25, -0.2) is 15.2 Å². The minimum atomic E-state index is -0.427. The normalized spacial score (nSPS) is 18.4. The third-order valence-corrected chi connectivity index (χ3v) is 4.65. The number of amides is 2. The van der Waals surface area contributed by atoms with Crippen LogP contribution in [-0.4, -0.2) is 17.9 Å². The average molecular weight is 394 g/mol. The van der Waals surface area contributed by atoms with Gasteiger partial charge < -0.3 is 15.1 Å². The fourth-order valence-electron chi connectivity index (χ4n) is 3.11. The SMILES string of the molecule is O=C(Nc1ccc(NC(=O)C2CC(c3ccc(F)cc3)NN2)cc1)c1ccco1. The molecule has 4 N–H and O–H groups in total. The van der Waals surface area contributed by atoms with Crippen LogP contribution in [-0.2, 0) is 4.79 Å². The molecule has 2 atom stereocenters. The van der Waals surface area contributed by atoms with Crippen LogP contribution in [0.1, 0.15) is 28.6 Å². The maximum Gasteiger partial charge on any atom is 0.291 e. The molecule has 1 aliphatic heterocycles. The Morgan fingerprint density at radius 2 is 1.62 bits per heavy atom. The Labute approximate surface area is 166 Å². The second-order valence-corrected chi connectivity index (χ2v) is 6.68. The molecule has 2 heterocycles. The van der Waals surface area contributed by atoms with E-state index in [1.54, 1.807) is 48.5 Å². The molecule has 0 saturated carbocycles. The van der Waals surface area contributed by atoms with Crippen molar-refractivity contribution in [3.8, 4) is 0 Å². The molecule has 0 bridgehead atoms. The van der Waals surface area contributed by atoms with Gasteiger partial charge in [0.05, 0.1) is 6.26 Å². The van der Waals surface area contributed by atoms with Crippen LogP contribution in [0, 0.1) is 5.82 Å². The van der Waals surface area contributed by atoms with Crippen LogP contribution < -0.4 is 21.5 Å². The summed E-state index contributed by atoms with van der Waals surface area (Å²) in [5.41, 5.74) is 8.14. The number of anilines is 2. The lowest BCUT2D eigenvalue weighted by Crippen LogP contribution is -2.39. The zero-order valence-corrected chi connectivity index (χ0v) is 15.3. The van der Waals surface area contributed by atoms with Crippen LogP contribution in [0.15, 0.2) is 71.3 Å². The maximum absolute atomic E-state index is 13.1. The Hall–Kier alpha value is -3.49. The van der Waals surface area contributed by atoms with E-state index in [9.17, 15) is 14.0 Å². The number of benzene rings is 2. The van der Waals surface area contributed by atoms with Crippen molar-refractivity contribution in [2.45, 2.75) is 18.5 Å². The number of furan rings is 1. The molecule has 1 saturated heterocycles. The predicted molar refractivity (Wildman–Crippen MR) is 106 cm³/mol. The summed E-state index contributed by atoms with van der Waals surface area (Å²) in [6.45, 7) is 0. The van der Waals surface area contributed by atoms with Gasteiger partial charge in [0.1, 0.15) is 11.9 Å². The molecule has 1 aliphatic rings. The number of hydrogen-bond donors (Lipinski definition) is 4. The van der Waals surface area contributed by atoms with Crippen molar-refractivity contribution in [1.29, 1.82) is 0 Å². The fourth-order valence-corrected chi connectivity index (χ4v) is 3.11. The van der Waals surface area contributed by atoms with Gasteiger partial charge in [-0.05, 0) is 60.5 Å². The van der Waals surface area contributed by atoms with Gasteiger partial charge in [0.25, 0.3) is 5.91 Å². The van der Waals surface area contributed by atoms with E-state index in [1.165, 1.54) is 18.4 Å². The lowest BCUT2D eigenvalue weighted by atomic mass is 10.0. The van der Waals surface area contributed by atoms with Crippen LogP contribution in [0.25, 0.3) is 0 Å². The van der Waals surface area contributed by atoms with Crippen molar-refractivity contribution in [3.63, 3.8) is 0 Å². The first-order chi connectivity index (χ1) is 14.1. The van der Waals surface area contributed by atoms with Crippen molar-refractivity contribution in [2.75, 3.05) is 10.6 Å². The lowest BCUT2D eigenvalue weighted by molar-refractivity contribution is -0.117. The summed E-state index contributed by atoms with van der Waals surface area (Å²) >= 11 is 0. The first kappa shape index (κ1) is 18.9. The summed E-state index contributed by atoms with van der Waals surface area (Å²) < 4.78 is 18.1. The van der Waals surface area contributed by atoms with Crippen molar-refractivity contribution in [3.05, 3.63) is 84.1 Å². The highest BCUT2D eigenvalue weighted by atomic mass is 19.1. The van der Waals surface area contributed by atoms with E-state index in [1.807, 2.05) is 0 Å². The molecule has 29 heavy (non-hydrogen) atoms. The Morgan fingerprint density at radius 1 is 0.931 bits per heavy atom. The molecule has 2 amide bonds. The van der Waals surface area contributed by atoms with Crippen LogP contribution in [0.3, 0.4) is 0 Å². The van der Waals surface area contributed by atoms with Gasteiger partial charge in [-0.3, -0.25) is 9.59 Å². The van der Waals surface area contributed by atoms with Gasteiger partial charge in [0, 0.05) is 17.4 Å². The topological polar surface area (TPSA) is 95.4 Å². The van der Waals surface area contributed by atoms with Gasteiger partial charge in [-0.15, -0.1) is 0 Å². The number of hydrazine groups is 1. The maximum atomic E-state index is 13.1. The molecule has 0 aliphatic carbocycles. The summed E-state index contributed by atoms with van der Waals surface area (Å²) in [4.78, 5) is 24.5. The Morgan fingerprint density at radius 3 is 2.28 bits per heavy atom. The number of hydrogen-bond acceptors (Lipinski definition) is 5. The van der Waals surface area contributed by atoms with Gasteiger partial charge in [0.15, 0.2) is 5.76 Å². The lowest BCUT2D eigenvalue weighted by Gasteiger charge is -2.11. The second kappa shape index (κ2) is 8.26. The third-order valence-electron chi connectivity index (χ3n) is 4.65. The molecule has 148 valence electrons. The first-order valence-corrected chi connectivity index (χ1v) is 9.11. The van der Waals surface area contributed by atoms with Gasteiger partial charge in [0.2, 0.25) is 5.91 Å². The molecule has 8 heteroatoms. The van der Waals surface area contributed by atoms with Crippen molar-refractivity contribution < 1.29 is 18.4 Å². The van der Waals surface area contributed by atoms with Crippen molar-refractivity contribution in [1.82, 2.24) is 10.9 Å². The summed E-state index contributed by atoms with van der Waals surface area (Å²) in [5.74, 6) is -0.606. The number of nitrogens with one attached hydrogen (secondary N) is 4.